The number of aliphatic carboxylic acids is 1. The molecule has 0 aliphatic rings. The van der Waals surface area contributed by atoms with Crippen LogP contribution < -0.4 is 5.32 Å². The highest BCUT2D eigenvalue weighted by Crippen LogP contribution is 2.13. The summed E-state index contributed by atoms with van der Waals surface area (Å²) in [6.07, 6.45) is 3.50. The first-order valence-corrected chi connectivity index (χ1v) is 6.42. The van der Waals surface area contributed by atoms with Gasteiger partial charge in [-0.15, -0.1) is 0 Å². The molecule has 17 heavy (non-hydrogen) atoms. The zero-order chi connectivity index (χ0) is 13.3. The molecule has 0 bridgehead atoms. The van der Waals surface area contributed by atoms with E-state index >= 15 is 0 Å². The predicted molar refractivity (Wildman–Crippen MR) is 69.2 cm³/mol. The molecular formula is C13H27NO3. The number of nitrogens with one attached hydrogen (secondary N) is 1. The minimum atomic E-state index is -0.808. The van der Waals surface area contributed by atoms with Crippen molar-refractivity contribution in [3.63, 3.8) is 0 Å². The Morgan fingerprint density at radius 1 is 1.35 bits per heavy atom. The van der Waals surface area contributed by atoms with E-state index in [1.54, 1.807) is 14.0 Å². The zero-order valence-electron chi connectivity index (χ0n) is 11.6. The van der Waals surface area contributed by atoms with Crippen LogP contribution in [-0.2, 0) is 9.53 Å². The second-order valence-corrected chi connectivity index (χ2v) is 5.14. The lowest BCUT2D eigenvalue weighted by molar-refractivity contribution is -0.144. The van der Waals surface area contributed by atoms with Gasteiger partial charge in [-0.3, -0.25) is 4.79 Å². The molecule has 0 saturated carbocycles. The van der Waals surface area contributed by atoms with Crippen LogP contribution in [0.25, 0.3) is 0 Å². The fourth-order valence-corrected chi connectivity index (χ4v) is 1.44. The summed E-state index contributed by atoms with van der Waals surface area (Å²) in [5.74, 6) is -0.115. The summed E-state index contributed by atoms with van der Waals surface area (Å²) in [6.45, 7) is 7.60. The van der Waals surface area contributed by atoms with Gasteiger partial charge in [0, 0.05) is 13.2 Å². The van der Waals surface area contributed by atoms with Crippen LogP contribution in [0.1, 0.15) is 46.5 Å². The van der Waals surface area contributed by atoms with Crippen LogP contribution in [-0.4, -0.2) is 36.9 Å². The summed E-state index contributed by atoms with van der Waals surface area (Å²) in [6, 6.07) is 0. The van der Waals surface area contributed by atoms with Crippen molar-refractivity contribution in [2.75, 3.05) is 20.3 Å². The first-order valence-electron chi connectivity index (χ1n) is 6.42. The monoisotopic (exact) mass is 245 g/mol. The number of ether oxygens (including phenoxy) is 1. The maximum atomic E-state index is 11.0. The normalized spacial score (nSPS) is 14.9. The Labute approximate surface area is 105 Å². The van der Waals surface area contributed by atoms with Crippen molar-refractivity contribution in [1.29, 1.82) is 0 Å². The van der Waals surface area contributed by atoms with Crippen LogP contribution in [0.15, 0.2) is 0 Å². The second kappa shape index (κ2) is 8.48. The summed E-state index contributed by atoms with van der Waals surface area (Å²) in [4.78, 5) is 11.0. The average Bonchev–Trinajstić information content (AvgIpc) is 2.26. The Bertz CT molecular complexity index is 219. The van der Waals surface area contributed by atoms with E-state index in [9.17, 15) is 4.79 Å². The lowest BCUT2D eigenvalue weighted by atomic mass is 9.95. The van der Waals surface area contributed by atoms with Crippen molar-refractivity contribution in [2.45, 2.75) is 52.0 Å². The van der Waals surface area contributed by atoms with Crippen LogP contribution in [0.5, 0.6) is 0 Å². The molecule has 0 amide bonds. The van der Waals surface area contributed by atoms with Gasteiger partial charge >= 0.3 is 5.97 Å². The van der Waals surface area contributed by atoms with Gasteiger partial charge in [-0.2, -0.15) is 0 Å². The largest absolute Gasteiger partial charge is 0.480 e. The molecule has 0 aromatic rings. The fourth-order valence-electron chi connectivity index (χ4n) is 1.44. The lowest BCUT2D eigenvalue weighted by Gasteiger charge is -2.23. The van der Waals surface area contributed by atoms with E-state index in [1.807, 2.05) is 0 Å². The van der Waals surface area contributed by atoms with E-state index in [0.29, 0.717) is 12.3 Å². The molecule has 102 valence electrons. The first kappa shape index (κ1) is 16.4. The highest BCUT2D eigenvalue weighted by atomic mass is 16.5. The van der Waals surface area contributed by atoms with Gasteiger partial charge in [-0.25, -0.2) is 0 Å². The van der Waals surface area contributed by atoms with E-state index in [0.717, 1.165) is 32.5 Å². The third-order valence-electron chi connectivity index (χ3n) is 3.08. The van der Waals surface area contributed by atoms with Crippen molar-refractivity contribution in [2.24, 2.45) is 5.92 Å². The number of hydrogen-bond donors (Lipinski definition) is 2. The Morgan fingerprint density at radius 3 is 2.47 bits per heavy atom. The summed E-state index contributed by atoms with van der Waals surface area (Å²) < 4.78 is 5.49. The smallest absolute Gasteiger partial charge is 0.323 e. The summed E-state index contributed by atoms with van der Waals surface area (Å²) in [5, 5.41) is 11.9. The number of hydrogen-bond acceptors (Lipinski definition) is 3. The molecule has 4 heteroatoms. The van der Waals surface area contributed by atoms with Gasteiger partial charge in [0.05, 0.1) is 0 Å². The first-order chi connectivity index (χ1) is 7.92. The average molecular weight is 245 g/mol. The van der Waals surface area contributed by atoms with E-state index in [-0.39, 0.29) is 0 Å². The minimum absolute atomic E-state index is 0.631. The molecule has 0 spiro atoms. The molecule has 1 unspecified atom stereocenters. The molecule has 0 aromatic carbocycles. The number of carboxylic acid groups (broad SMARTS) is 1. The lowest BCUT2D eigenvalue weighted by Crippen LogP contribution is -2.47. The molecular weight excluding hydrogens is 218 g/mol. The topological polar surface area (TPSA) is 58.6 Å². The summed E-state index contributed by atoms with van der Waals surface area (Å²) >= 11 is 0. The van der Waals surface area contributed by atoms with E-state index in [1.165, 1.54) is 0 Å². The highest BCUT2D eigenvalue weighted by molar-refractivity contribution is 5.78. The predicted octanol–water partition coefficient (Wildman–Crippen LogP) is 2.28. The van der Waals surface area contributed by atoms with Gasteiger partial charge in [0.2, 0.25) is 0 Å². The quantitative estimate of drug-likeness (QED) is 0.580. The molecule has 0 radical (unpaired) electrons. The number of carboxylic acids is 1. The molecule has 2 N–H and O–H groups in total. The minimum Gasteiger partial charge on any atom is -0.480 e. The van der Waals surface area contributed by atoms with E-state index < -0.39 is 11.5 Å². The highest BCUT2D eigenvalue weighted by Gasteiger charge is 2.29. The van der Waals surface area contributed by atoms with Gasteiger partial charge < -0.3 is 15.2 Å². The number of likely N-dealkylation sites (N-methyl/N-ethyl adjacent to an activating group) is 1. The van der Waals surface area contributed by atoms with Crippen molar-refractivity contribution in [3.8, 4) is 0 Å². The standard InChI is InChI=1S/C13H27NO3/c1-11(2)7-10-17-9-6-5-8-13(3,14-4)12(15)16/h11,14H,5-10H2,1-4H3,(H,15,16). The van der Waals surface area contributed by atoms with Crippen LogP contribution in [0.4, 0.5) is 0 Å². The van der Waals surface area contributed by atoms with Crippen molar-refractivity contribution < 1.29 is 14.6 Å². The molecule has 0 fully saturated rings. The van der Waals surface area contributed by atoms with E-state index in [4.69, 9.17) is 9.84 Å². The fraction of sp³-hybridized carbons (Fsp3) is 0.923. The Balaban J connectivity index is 3.53. The molecule has 0 aromatic heterocycles. The molecule has 0 saturated heterocycles. The Hall–Kier alpha value is -0.610. The van der Waals surface area contributed by atoms with Gasteiger partial charge in [-0.1, -0.05) is 13.8 Å². The van der Waals surface area contributed by atoms with Crippen LogP contribution in [0, 0.1) is 5.92 Å². The third-order valence-corrected chi connectivity index (χ3v) is 3.08. The Kier molecular flexibility index (Phi) is 8.17. The number of unbranched alkanes of at least 4 members (excludes halogenated alkanes) is 1. The SMILES string of the molecule is CNC(C)(CCCCOCCC(C)C)C(=O)O. The Morgan fingerprint density at radius 2 is 2.00 bits per heavy atom. The van der Waals surface area contributed by atoms with Gasteiger partial charge in [-0.05, 0) is 45.6 Å². The van der Waals surface area contributed by atoms with Gasteiger partial charge in [0.15, 0.2) is 0 Å². The maximum absolute atomic E-state index is 11.0. The maximum Gasteiger partial charge on any atom is 0.323 e. The molecule has 0 heterocycles. The number of carbonyl (C=O) groups is 1. The van der Waals surface area contributed by atoms with Crippen molar-refractivity contribution >= 4 is 5.97 Å². The number of rotatable bonds is 10. The second-order valence-electron chi connectivity index (χ2n) is 5.14. The van der Waals surface area contributed by atoms with Gasteiger partial charge in [0.25, 0.3) is 0 Å². The van der Waals surface area contributed by atoms with Crippen molar-refractivity contribution in [3.05, 3.63) is 0 Å². The third kappa shape index (κ3) is 7.34. The summed E-state index contributed by atoms with van der Waals surface area (Å²) in [5.41, 5.74) is -0.808. The molecule has 1 atom stereocenters. The van der Waals surface area contributed by atoms with Crippen LogP contribution in [0.2, 0.25) is 0 Å². The zero-order valence-corrected chi connectivity index (χ0v) is 11.6. The van der Waals surface area contributed by atoms with Crippen molar-refractivity contribution in [1.82, 2.24) is 5.32 Å². The van der Waals surface area contributed by atoms with E-state index in [2.05, 4.69) is 19.2 Å². The molecule has 0 rings (SSSR count). The molecule has 0 aliphatic carbocycles. The van der Waals surface area contributed by atoms with Crippen LogP contribution in [0.3, 0.4) is 0 Å². The van der Waals surface area contributed by atoms with Crippen LogP contribution >= 0.6 is 0 Å². The van der Waals surface area contributed by atoms with Gasteiger partial charge in [0.1, 0.15) is 5.54 Å². The molecule has 4 nitrogen and oxygen atoms in total. The molecule has 0 aliphatic heterocycles. The summed E-state index contributed by atoms with van der Waals surface area (Å²) in [7, 11) is 1.69.